The normalized spacial score (nSPS) is 13.0. The van der Waals surface area contributed by atoms with E-state index in [1.54, 1.807) is 16.7 Å². The van der Waals surface area contributed by atoms with Crippen molar-refractivity contribution in [3.63, 3.8) is 0 Å². The van der Waals surface area contributed by atoms with Crippen LogP contribution in [0.25, 0.3) is 0 Å². The predicted octanol–water partition coefficient (Wildman–Crippen LogP) is 1.93. The summed E-state index contributed by atoms with van der Waals surface area (Å²) in [5.41, 5.74) is 0.714. The lowest BCUT2D eigenvalue weighted by molar-refractivity contribution is 0.0948. The van der Waals surface area contributed by atoms with Crippen molar-refractivity contribution in [1.29, 1.82) is 0 Å². The Morgan fingerprint density at radius 3 is 2.90 bits per heavy atom. The van der Waals surface area contributed by atoms with Gasteiger partial charge in [0.25, 0.3) is 11.5 Å². The molecule has 1 aliphatic heterocycles. The third-order valence-electron chi connectivity index (χ3n) is 3.17. The third kappa shape index (κ3) is 2.96. The van der Waals surface area contributed by atoms with E-state index in [2.05, 4.69) is 10.3 Å². The van der Waals surface area contributed by atoms with Crippen LogP contribution in [0.5, 0.6) is 0 Å². The van der Waals surface area contributed by atoms with Crippen molar-refractivity contribution in [1.82, 2.24) is 14.9 Å². The molecular formula is C14H12ClN3O2S. The van der Waals surface area contributed by atoms with Gasteiger partial charge in [0.15, 0.2) is 5.16 Å². The van der Waals surface area contributed by atoms with Gasteiger partial charge < -0.3 is 5.32 Å². The maximum Gasteiger partial charge on any atom is 0.267 e. The lowest BCUT2D eigenvalue weighted by atomic mass is 10.2. The first kappa shape index (κ1) is 14.2. The number of carbonyl (C=O) groups is 1. The van der Waals surface area contributed by atoms with E-state index in [-0.39, 0.29) is 11.1 Å². The van der Waals surface area contributed by atoms with E-state index in [0.29, 0.717) is 23.3 Å². The molecular weight excluding hydrogens is 310 g/mol. The smallest absolute Gasteiger partial charge is 0.267 e. The van der Waals surface area contributed by atoms with Crippen LogP contribution in [0, 0.1) is 0 Å². The Labute approximate surface area is 130 Å². The molecule has 1 aromatic heterocycles. The molecule has 2 heterocycles. The summed E-state index contributed by atoms with van der Waals surface area (Å²) in [4.78, 5) is 28.5. The van der Waals surface area contributed by atoms with Crippen molar-refractivity contribution in [2.75, 3.05) is 5.75 Å². The Balaban J connectivity index is 1.74. The lowest BCUT2D eigenvalue weighted by Gasteiger charge is -2.07. The molecule has 0 atom stereocenters. The monoisotopic (exact) mass is 321 g/mol. The van der Waals surface area contributed by atoms with Crippen LogP contribution in [0.15, 0.2) is 40.4 Å². The molecule has 1 aliphatic rings. The summed E-state index contributed by atoms with van der Waals surface area (Å²) >= 11 is 7.33. The van der Waals surface area contributed by atoms with Crippen molar-refractivity contribution in [2.24, 2.45) is 0 Å². The van der Waals surface area contributed by atoms with Crippen LogP contribution in [0.3, 0.4) is 0 Å². The van der Waals surface area contributed by atoms with Gasteiger partial charge in [0.1, 0.15) is 5.56 Å². The number of hydrogen-bond acceptors (Lipinski definition) is 4. The zero-order chi connectivity index (χ0) is 14.8. The molecule has 0 saturated heterocycles. The highest BCUT2D eigenvalue weighted by atomic mass is 35.5. The average molecular weight is 322 g/mol. The molecule has 0 aliphatic carbocycles. The maximum atomic E-state index is 12.2. The second-order valence-corrected chi connectivity index (χ2v) is 6.07. The summed E-state index contributed by atoms with van der Waals surface area (Å²) in [6, 6.07) is 7.16. The van der Waals surface area contributed by atoms with Gasteiger partial charge in [0.2, 0.25) is 0 Å². The number of halogens is 1. The number of nitrogens with one attached hydrogen (secondary N) is 1. The fourth-order valence-corrected chi connectivity index (χ4v) is 3.09. The Bertz CT molecular complexity index is 743. The molecule has 108 valence electrons. The minimum Gasteiger partial charge on any atom is -0.348 e. The molecule has 21 heavy (non-hydrogen) atoms. The van der Waals surface area contributed by atoms with Crippen molar-refractivity contribution in [2.45, 2.75) is 18.2 Å². The van der Waals surface area contributed by atoms with Gasteiger partial charge in [-0.2, -0.15) is 0 Å². The molecule has 0 spiro atoms. The Hall–Kier alpha value is -1.79. The molecule has 0 fully saturated rings. The van der Waals surface area contributed by atoms with Crippen LogP contribution >= 0.6 is 23.4 Å². The first-order valence-corrected chi connectivity index (χ1v) is 7.77. The minimum atomic E-state index is -0.408. The number of nitrogens with zero attached hydrogens (tertiary/aromatic N) is 2. The first-order valence-electron chi connectivity index (χ1n) is 6.40. The van der Waals surface area contributed by atoms with Gasteiger partial charge in [0.05, 0.1) is 0 Å². The summed E-state index contributed by atoms with van der Waals surface area (Å²) in [7, 11) is 0. The minimum absolute atomic E-state index is 0.0789. The number of carbonyl (C=O) groups excluding carboxylic acids is 1. The SMILES string of the molecule is O=C(NCc1ccc(Cl)cc1)c1cnc2n(c1=O)CCS2. The average Bonchev–Trinajstić information content (AvgIpc) is 2.96. The zero-order valence-electron chi connectivity index (χ0n) is 11.0. The second-order valence-electron chi connectivity index (χ2n) is 4.57. The molecule has 0 unspecified atom stereocenters. The molecule has 0 saturated carbocycles. The summed E-state index contributed by atoms with van der Waals surface area (Å²) in [5, 5.41) is 4.04. The van der Waals surface area contributed by atoms with Gasteiger partial charge >= 0.3 is 0 Å². The van der Waals surface area contributed by atoms with E-state index in [9.17, 15) is 9.59 Å². The van der Waals surface area contributed by atoms with E-state index < -0.39 is 5.91 Å². The van der Waals surface area contributed by atoms with Crippen molar-refractivity contribution >= 4 is 29.3 Å². The highest BCUT2D eigenvalue weighted by molar-refractivity contribution is 7.99. The fraction of sp³-hybridized carbons (Fsp3) is 0.214. The predicted molar refractivity (Wildman–Crippen MR) is 81.8 cm³/mol. The molecule has 0 bridgehead atoms. The Morgan fingerprint density at radius 2 is 2.14 bits per heavy atom. The molecule has 1 N–H and O–H groups in total. The van der Waals surface area contributed by atoms with Gasteiger partial charge in [-0.25, -0.2) is 4.98 Å². The summed E-state index contributed by atoms with van der Waals surface area (Å²) in [6.07, 6.45) is 1.35. The van der Waals surface area contributed by atoms with Crippen molar-refractivity contribution in [3.05, 3.63) is 57.0 Å². The largest absolute Gasteiger partial charge is 0.348 e. The molecule has 5 nitrogen and oxygen atoms in total. The quantitative estimate of drug-likeness (QED) is 0.877. The van der Waals surface area contributed by atoms with Crippen LogP contribution < -0.4 is 10.9 Å². The first-order chi connectivity index (χ1) is 10.1. The molecule has 1 amide bonds. The molecule has 2 aromatic rings. The Kier molecular flexibility index (Phi) is 3.98. The standard InChI is InChI=1S/C14H12ClN3O2S/c15-10-3-1-9(2-4-10)7-16-12(19)11-8-17-14-18(13(11)20)5-6-21-14/h1-4,8H,5-7H2,(H,16,19). The van der Waals surface area contributed by atoms with E-state index in [1.165, 1.54) is 18.0 Å². The van der Waals surface area contributed by atoms with E-state index in [0.717, 1.165) is 11.3 Å². The summed E-state index contributed by atoms with van der Waals surface area (Å²) in [6.45, 7) is 0.941. The van der Waals surface area contributed by atoms with Crippen LogP contribution in [0.1, 0.15) is 15.9 Å². The van der Waals surface area contributed by atoms with Gasteiger partial charge in [0, 0.05) is 30.1 Å². The van der Waals surface area contributed by atoms with E-state index in [1.807, 2.05) is 12.1 Å². The number of rotatable bonds is 3. The number of benzene rings is 1. The third-order valence-corrected chi connectivity index (χ3v) is 4.39. The highest BCUT2D eigenvalue weighted by Crippen LogP contribution is 2.20. The summed E-state index contributed by atoms with van der Waals surface area (Å²) < 4.78 is 1.54. The highest BCUT2D eigenvalue weighted by Gasteiger charge is 2.19. The van der Waals surface area contributed by atoms with Gasteiger partial charge in [-0.3, -0.25) is 14.2 Å². The van der Waals surface area contributed by atoms with E-state index in [4.69, 9.17) is 11.6 Å². The van der Waals surface area contributed by atoms with Crippen LogP contribution in [-0.2, 0) is 13.1 Å². The van der Waals surface area contributed by atoms with E-state index >= 15 is 0 Å². The van der Waals surface area contributed by atoms with Gasteiger partial charge in [-0.05, 0) is 17.7 Å². The lowest BCUT2D eigenvalue weighted by Crippen LogP contribution is -2.33. The molecule has 7 heteroatoms. The van der Waals surface area contributed by atoms with Crippen molar-refractivity contribution < 1.29 is 4.79 Å². The molecule has 1 aromatic carbocycles. The van der Waals surface area contributed by atoms with Crippen LogP contribution in [0.4, 0.5) is 0 Å². The molecule has 0 radical (unpaired) electrons. The second kappa shape index (κ2) is 5.91. The fourth-order valence-electron chi connectivity index (χ4n) is 2.05. The summed E-state index contributed by atoms with van der Waals surface area (Å²) in [5.74, 6) is 0.410. The number of thioether (sulfide) groups is 1. The number of amides is 1. The van der Waals surface area contributed by atoms with Crippen molar-refractivity contribution in [3.8, 4) is 0 Å². The van der Waals surface area contributed by atoms with Crippen LogP contribution in [0.2, 0.25) is 5.02 Å². The Morgan fingerprint density at radius 1 is 1.38 bits per heavy atom. The zero-order valence-corrected chi connectivity index (χ0v) is 12.6. The number of aromatic nitrogens is 2. The van der Waals surface area contributed by atoms with Crippen LogP contribution in [-0.4, -0.2) is 21.2 Å². The maximum absolute atomic E-state index is 12.2. The van der Waals surface area contributed by atoms with Gasteiger partial charge in [-0.15, -0.1) is 0 Å². The topological polar surface area (TPSA) is 64.0 Å². The van der Waals surface area contributed by atoms with Gasteiger partial charge in [-0.1, -0.05) is 35.5 Å². The number of fused-ring (bicyclic) bond motifs is 1. The molecule has 3 rings (SSSR count). The number of hydrogen-bond donors (Lipinski definition) is 1.